The Kier molecular flexibility index (Phi) is 4.59. The van der Waals surface area contributed by atoms with Gasteiger partial charge in [-0.05, 0) is 51.7 Å². The highest BCUT2D eigenvalue weighted by Crippen LogP contribution is 2.31. The molecule has 1 heterocycles. The van der Waals surface area contributed by atoms with E-state index in [1.807, 2.05) is 29.5 Å². The molecule has 0 amide bonds. The molecule has 0 aliphatic carbocycles. The molecule has 0 atom stereocenters. The number of anilines is 1. The summed E-state index contributed by atoms with van der Waals surface area (Å²) in [5.74, 6) is 0. The summed E-state index contributed by atoms with van der Waals surface area (Å²) in [6.45, 7) is 7.54. The van der Waals surface area contributed by atoms with E-state index in [-0.39, 0.29) is 5.41 Å². The van der Waals surface area contributed by atoms with Crippen LogP contribution in [0.3, 0.4) is 0 Å². The van der Waals surface area contributed by atoms with Crippen LogP contribution in [-0.4, -0.2) is 0 Å². The SMILES string of the molecule is CC(C)(C)c1ccc(CNc2cc(Cl)ccc2Br)s1. The van der Waals surface area contributed by atoms with Crippen molar-refractivity contribution in [2.24, 2.45) is 0 Å². The number of hydrogen-bond acceptors (Lipinski definition) is 2. The lowest BCUT2D eigenvalue weighted by atomic mass is 9.95. The van der Waals surface area contributed by atoms with Gasteiger partial charge in [0.15, 0.2) is 0 Å². The Balaban J connectivity index is 2.06. The molecule has 0 saturated heterocycles. The van der Waals surface area contributed by atoms with Gasteiger partial charge in [-0.3, -0.25) is 0 Å². The van der Waals surface area contributed by atoms with E-state index in [9.17, 15) is 0 Å². The molecule has 0 radical (unpaired) electrons. The van der Waals surface area contributed by atoms with Crippen LogP contribution in [0.25, 0.3) is 0 Å². The molecule has 1 nitrogen and oxygen atoms in total. The van der Waals surface area contributed by atoms with Crippen LogP contribution >= 0.6 is 38.9 Å². The van der Waals surface area contributed by atoms with Crippen molar-refractivity contribution < 1.29 is 0 Å². The zero-order chi connectivity index (χ0) is 14.0. The minimum atomic E-state index is 0.222. The van der Waals surface area contributed by atoms with E-state index in [0.717, 1.165) is 21.7 Å². The molecule has 2 rings (SSSR count). The van der Waals surface area contributed by atoms with E-state index in [4.69, 9.17) is 11.6 Å². The Morgan fingerprint density at radius 1 is 1.21 bits per heavy atom. The Morgan fingerprint density at radius 3 is 2.58 bits per heavy atom. The third kappa shape index (κ3) is 3.98. The average molecular weight is 359 g/mol. The number of hydrogen-bond donors (Lipinski definition) is 1. The van der Waals surface area contributed by atoms with Crippen LogP contribution in [0.2, 0.25) is 5.02 Å². The van der Waals surface area contributed by atoms with Crippen LogP contribution < -0.4 is 5.32 Å². The normalized spacial score (nSPS) is 11.6. The molecule has 2 aromatic rings. The van der Waals surface area contributed by atoms with Crippen molar-refractivity contribution in [3.63, 3.8) is 0 Å². The molecule has 0 bridgehead atoms. The molecule has 102 valence electrons. The Hall–Kier alpha value is -0.510. The maximum Gasteiger partial charge on any atom is 0.0502 e. The minimum absolute atomic E-state index is 0.222. The third-order valence-electron chi connectivity index (χ3n) is 2.78. The zero-order valence-corrected chi connectivity index (χ0v) is 14.4. The first kappa shape index (κ1) is 14.9. The molecule has 0 spiro atoms. The van der Waals surface area contributed by atoms with Gasteiger partial charge in [0.1, 0.15) is 0 Å². The van der Waals surface area contributed by atoms with Gasteiger partial charge in [0.05, 0.1) is 5.69 Å². The predicted octanol–water partition coefficient (Wildman–Crippen LogP) is 6.07. The molecule has 4 heteroatoms. The minimum Gasteiger partial charge on any atom is -0.379 e. The van der Waals surface area contributed by atoms with Gasteiger partial charge in [0.25, 0.3) is 0 Å². The average Bonchev–Trinajstić information content (AvgIpc) is 2.79. The van der Waals surface area contributed by atoms with Crippen molar-refractivity contribution in [1.29, 1.82) is 0 Å². The number of thiophene rings is 1. The van der Waals surface area contributed by atoms with Gasteiger partial charge in [-0.25, -0.2) is 0 Å². The van der Waals surface area contributed by atoms with Gasteiger partial charge in [-0.2, -0.15) is 0 Å². The lowest BCUT2D eigenvalue weighted by molar-refractivity contribution is 0.604. The van der Waals surface area contributed by atoms with Crippen molar-refractivity contribution in [1.82, 2.24) is 0 Å². The first-order valence-electron chi connectivity index (χ1n) is 6.14. The number of rotatable bonds is 3. The van der Waals surface area contributed by atoms with E-state index in [1.165, 1.54) is 9.75 Å². The fraction of sp³-hybridized carbons (Fsp3) is 0.333. The summed E-state index contributed by atoms with van der Waals surface area (Å²) >= 11 is 11.4. The quantitative estimate of drug-likeness (QED) is 0.701. The van der Waals surface area contributed by atoms with E-state index < -0.39 is 0 Å². The van der Waals surface area contributed by atoms with Gasteiger partial charge in [-0.1, -0.05) is 32.4 Å². The van der Waals surface area contributed by atoms with Crippen LogP contribution in [0, 0.1) is 0 Å². The van der Waals surface area contributed by atoms with Crippen LogP contribution in [0.4, 0.5) is 5.69 Å². The maximum atomic E-state index is 6.00. The maximum absolute atomic E-state index is 6.00. The summed E-state index contributed by atoms with van der Waals surface area (Å²) in [6.07, 6.45) is 0. The Bertz CT molecular complexity index is 572. The number of nitrogens with one attached hydrogen (secondary N) is 1. The van der Waals surface area contributed by atoms with Crippen LogP contribution in [0.5, 0.6) is 0 Å². The summed E-state index contributed by atoms with van der Waals surface area (Å²) < 4.78 is 1.03. The molecule has 0 fully saturated rings. The molecule has 1 aromatic carbocycles. The fourth-order valence-electron chi connectivity index (χ4n) is 1.69. The monoisotopic (exact) mass is 357 g/mol. The lowest BCUT2D eigenvalue weighted by Crippen LogP contribution is -2.07. The van der Waals surface area contributed by atoms with Crippen molar-refractivity contribution in [2.45, 2.75) is 32.7 Å². The van der Waals surface area contributed by atoms with E-state index in [2.05, 4.69) is 54.2 Å². The summed E-state index contributed by atoms with van der Waals surface area (Å²) in [5, 5.41) is 4.16. The highest BCUT2D eigenvalue weighted by Gasteiger charge is 2.15. The highest BCUT2D eigenvalue weighted by atomic mass is 79.9. The van der Waals surface area contributed by atoms with Crippen molar-refractivity contribution in [3.05, 3.63) is 49.6 Å². The van der Waals surface area contributed by atoms with Gasteiger partial charge in [0, 0.05) is 25.8 Å². The van der Waals surface area contributed by atoms with Gasteiger partial charge in [-0.15, -0.1) is 11.3 Å². The summed E-state index contributed by atoms with van der Waals surface area (Å²) in [7, 11) is 0. The van der Waals surface area contributed by atoms with Crippen LogP contribution in [0.1, 0.15) is 30.5 Å². The number of benzene rings is 1. The van der Waals surface area contributed by atoms with E-state index in [1.54, 1.807) is 0 Å². The first-order valence-corrected chi connectivity index (χ1v) is 8.13. The van der Waals surface area contributed by atoms with Crippen LogP contribution in [0.15, 0.2) is 34.8 Å². The fourth-order valence-corrected chi connectivity index (χ4v) is 3.26. The largest absolute Gasteiger partial charge is 0.379 e. The van der Waals surface area contributed by atoms with E-state index in [0.29, 0.717) is 0 Å². The lowest BCUT2D eigenvalue weighted by Gasteiger charge is -2.15. The highest BCUT2D eigenvalue weighted by molar-refractivity contribution is 9.10. The predicted molar refractivity (Wildman–Crippen MR) is 89.5 cm³/mol. The zero-order valence-electron chi connectivity index (χ0n) is 11.3. The summed E-state index contributed by atoms with van der Waals surface area (Å²) in [6, 6.07) is 10.2. The van der Waals surface area contributed by atoms with Crippen molar-refractivity contribution >= 4 is 44.6 Å². The summed E-state index contributed by atoms with van der Waals surface area (Å²) in [4.78, 5) is 2.74. The molecule has 0 aliphatic rings. The smallest absolute Gasteiger partial charge is 0.0502 e. The third-order valence-corrected chi connectivity index (χ3v) is 5.22. The molecule has 0 saturated carbocycles. The van der Waals surface area contributed by atoms with Gasteiger partial charge < -0.3 is 5.32 Å². The first-order chi connectivity index (χ1) is 8.86. The topological polar surface area (TPSA) is 12.0 Å². The second kappa shape index (κ2) is 5.86. The second-order valence-electron chi connectivity index (χ2n) is 5.49. The Morgan fingerprint density at radius 2 is 1.95 bits per heavy atom. The van der Waals surface area contributed by atoms with Crippen molar-refractivity contribution in [3.8, 4) is 0 Å². The second-order valence-corrected chi connectivity index (χ2v) is 7.95. The molecular formula is C15H17BrClNS. The van der Waals surface area contributed by atoms with Gasteiger partial charge >= 0.3 is 0 Å². The molecule has 0 unspecified atom stereocenters. The molecule has 1 N–H and O–H groups in total. The van der Waals surface area contributed by atoms with Crippen LogP contribution in [-0.2, 0) is 12.0 Å². The van der Waals surface area contributed by atoms with Crippen molar-refractivity contribution in [2.75, 3.05) is 5.32 Å². The molecular weight excluding hydrogens is 342 g/mol. The van der Waals surface area contributed by atoms with Gasteiger partial charge in [0.2, 0.25) is 0 Å². The van der Waals surface area contributed by atoms with E-state index >= 15 is 0 Å². The Labute approximate surface area is 132 Å². The number of halogens is 2. The standard InChI is InChI=1S/C15H17BrClNS/c1-15(2,3)14-7-5-11(19-14)9-18-13-8-10(17)4-6-12(13)16/h4-8,18H,9H2,1-3H3. The molecule has 1 aromatic heterocycles. The molecule has 19 heavy (non-hydrogen) atoms. The molecule has 0 aliphatic heterocycles. The summed E-state index contributed by atoms with van der Waals surface area (Å²) in [5.41, 5.74) is 1.25.